The van der Waals surface area contributed by atoms with Gasteiger partial charge in [-0.3, -0.25) is 4.57 Å². The van der Waals surface area contributed by atoms with Crippen molar-refractivity contribution < 1.29 is 0 Å². The summed E-state index contributed by atoms with van der Waals surface area (Å²) in [5.74, 6) is 0.394. The number of nitrogens with two attached hydrogens (primary N) is 1. The van der Waals surface area contributed by atoms with Crippen LogP contribution in [0.3, 0.4) is 0 Å². The Hall–Kier alpha value is -1.59. The van der Waals surface area contributed by atoms with E-state index in [2.05, 4.69) is 25.9 Å². The summed E-state index contributed by atoms with van der Waals surface area (Å²) in [6, 6.07) is 7.56. The van der Waals surface area contributed by atoms with Gasteiger partial charge < -0.3 is 5.73 Å². The maximum Gasteiger partial charge on any atom is 0.207 e. The Balaban J connectivity index is 2.36. The minimum Gasteiger partial charge on any atom is -0.369 e. The van der Waals surface area contributed by atoms with E-state index in [1.807, 2.05) is 35.8 Å². The van der Waals surface area contributed by atoms with Crippen molar-refractivity contribution in [2.45, 2.75) is 6.92 Å². The van der Waals surface area contributed by atoms with E-state index in [0.29, 0.717) is 16.6 Å². The predicted molar refractivity (Wildman–Crippen MR) is 80.7 cm³/mol. The number of imidazole rings is 1. The SMILES string of the molecule is Cc1c(Cl)cccc1-n1c(N)nc2cc(Br)cnc21. The van der Waals surface area contributed by atoms with Gasteiger partial charge in [0.25, 0.3) is 0 Å². The monoisotopic (exact) mass is 336 g/mol. The van der Waals surface area contributed by atoms with E-state index in [1.165, 1.54) is 0 Å². The lowest BCUT2D eigenvalue weighted by Gasteiger charge is -2.10. The average molecular weight is 338 g/mol. The summed E-state index contributed by atoms with van der Waals surface area (Å²) < 4.78 is 2.68. The fourth-order valence-electron chi connectivity index (χ4n) is 2.03. The van der Waals surface area contributed by atoms with Crippen molar-refractivity contribution in [3.05, 3.63) is 45.5 Å². The second-order valence-electron chi connectivity index (χ2n) is 4.19. The molecule has 2 aromatic heterocycles. The zero-order chi connectivity index (χ0) is 13.6. The van der Waals surface area contributed by atoms with Gasteiger partial charge in [0.1, 0.15) is 5.52 Å². The lowest BCUT2D eigenvalue weighted by molar-refractivity contribution is 1.07. The third kappa shape index (κ3) is 1.99. The topological polar surface area (TPSA) is 56.7 Å². The summed E-state index contributed by atoms with van der Waals surface area (Å²) >= 11 is 9.53. The number of aromatic nitrogens is 3. The highest BCUT2D eigenvalue weighted by molar-refractivity contribution is 9.10. The first kappa shape index (κ1) is 12.4. The van der Waals surface area contributed by atoms with Crippen molar-refractivity contribution >= 4 is 44.6 Å². The molecule has 0 spiro atoms. The standard InChI is InChI=1S/C13H10BrClN4/c1-7-9(15)3-2-4-11(7)19-12-10(18-13(19)16)5-8(14)6-17-12/h2-6H,1H3,(H2,16,18). The normalized spacial score (nSPS) is 11.1. The van der Waals surface area contributed by atoms with E-state index in [4.69, 9.17) is 17.3 Å². The minimum absolute atomic E-state index is 0.394. The number of benzene rings is 1. The van der Waals surface area contributed by atoms with Crippen LogP contribution in [-0.4, -0.2) is 14.5 Å². The molecule has 2 N–H and O–H groups in total. The summed E-state index contributed by atoms with van der Waals surface area (Å²) in [5.41, 5.74) is 9.30. The zero-order valence-electron chi connectivity index (χ0n) is 10.1. The molecule has 0 bridgehead atoms. The molecule has 0 aliphatic rings. The molecule has 1 aromatic carbocycles. The minimum atomic E-state index is 0.394. The summed E-state index contributed by atoms with van der Waals surface area (Å²) in [5, 5.41) is 0.691. The van der Waals surface area contributed by atoms with Crippen LogP contribution in [0.2, 0.25) is 5.02 Å². The van der Waals surface area contributed by atoms with Gasteiger partial charge >= 0.3 is 0 Å². The first-order valence-electron chi connectivity index (χ1n) is 5.63. The molecular weight excluding hydrogens is 328 g/mol. The summed E-state index contributed by atoms with van der Waals surface area (Å²) in [6.45, 7) is 1.95. The first-order chi connectivity index (χ1) is 9.08. The molecule has 3 aromatic rings. The fourth-order valence-corrected chi connectivity index (χ4v) is 2.52. The van der Waals surface area contributed by atoms with Gasteiger partial charge in [0.05, 0.1) is 5.69 Å². The van der Waals surface area contributed by atoms with E-state index < -0.39 is 0 Å². The zero-order valence-corrected chi connectivity index (χ0v) is 12.4. The van der Waals surface area contributed by atoms with E-state index in [-0.39, 0.29) is 0 Å². The number of fused-ring (bicyclic) bond motifs is 1. The van der Waals surface area contributed by atoms with Crippen molar-refractivity contribution in [2.75, 3.05) is 5.73 Å². The molecule has 0 unspecified atom stereocenters. The maximum absolute atomic E-state index is 6.16. The number of halogens is 2. The highest BCUT2D eigenvalue weighted by atomic mass is 79.9. The quantitative estimate of drug-likeness (QED) is 0.736. The number of pyridine rings is 1. The third-order valence-corrected chi connectivity index (χ3v) is 3.81. The summed E-state index contributed by atoms with van der Waals surface area (Å²) in [7, 11) is 0. The summed E-state index contributed by atoms with van der Waals surface area (Å²) in [4.78, 5) is 8.71. The first-order valence-corrected chi connectivity index (χ1v) is 6.80. The van der Waals surface area contributed by atoms with Gasteiger partial charge in [-0.25, -0.2) is 9.97 Å². The number of nitrogen functional groups attached to an aromatic ring is 1. The number of hydrogen-bond donors (Lipinski definition) is 1. The van der Waals surface area contributed by atoms with Crippen molar-refractivity contribution in [2.24, 2.45) is 0 Å². The van der Waals surface area contributed by atoms with Gasteiger partial charge in [0.2, 0.25) is 5.95 Å². The Labute approximate surface area is 123 Å². The lowest BCUT2D eigenvalue weighted by Crippen LogP contribution is -2.03. The fraction of sp³-hybridized carbons (Fsp3) is 0.0769. The van der Waals surface area contributed by atoms with Gasteiger partial charge in [-0.2, -0.15) is 0 Å². The molecule has 96 valence electrons. The molecule has 0 aliphatic heterocycles. The van der Waals surface area contributed by atoms with Crippen LogP contribution in [0.4, 0.5) is 5.95 Å². The van der Waals surface area contributed by atoms with Crippen LogP contribution in [0.15, 0.2) is 34.9 Å². The molecule has 0 saturated carbocycles. The van der Waals surface area contributed by atoms with Gasteiger partial charge in [-0.05, 0) is 46.6 Å². The number of anilines is 1. The molecule has 0 aliphatic carbocycles. The van der Waals surface area contributed by atoms with Gasteiger partial charge in [0, 0.05) is 15.7 Å². The number of hydrogen-bond acceptors (Lipinski definition) is 3. The molecule has 6 heteroatoms. The van der Waals surface area contributed by atoms with Crippen molar-refractivity contribution in [1.29, 1.82) is 0 Å². The predicted octanol–water partition coefficient (Wildman–Crippen LogP) is 3.73. The number of nitrogens with zero attached hydrogens (tertiary/aromatic N) is 3. The Morgan fingerprint density at radius 1 is 1.37 bits per heavy atom. The molecule has 3 rings (SSSR count). The Morgan fingerprint density at radius 2 is 2.16 bits per heavy atom. The van der Waals surface area contributed by atoms with E-state index in [1.54, 1.807) is 6.20 Å². The molecule has 2 heterocycles. The molecule has 0 radical (unpaired) electrons. The van der Waals surface area contributed by atoms with Crippen LogP contribution in [0.1, 0.15) is 5.56 Å². The molecule has 0 atom stereocenters. The highest BCUT2D eigenvalue weighted by Crippen LogP contribution is 2.28. The van der Waals surface area contributed by atoms with Crippen LogP contribution >= 0.6 is 27.5 Å². The Morgan fingerprint density at radius 3 is 2.95 bits per heavy atom. The Kier molecular flexibility index (Phi) is 2.95. The molecule has 0 amide bonds. The molecular formula is C13H10BrClN4. The van der Waals surface area contributed by atoms with Crippen molar-refractivity contribution in [1.82, 2.24) is 14.5 Å². The van der Waals surface area contributed by atoms with Crippen LogP contribution in [0.5, 0.6) is 0 Å². The Bertz CT molecular complexity index is 782. The highest BCUT2D eigenvalue weighted by Gasteiger charge is 2.14. The molecule has 4 nitrogen and oxygen atoms in total. The second kappa shape index (κ2) is 4.51. The van der Waals surface area contributed by atoms with E-state index >= 15 is 0 Å². The molecule has 0 fully saturated rings. The van der Waals surface area contributed by atoms with Crippen molar-refractivity contribution in [3.63, 3.8) is 0 Å². The third-order valence-electron chi connectivity index (χ3n) is 2.97. The molecule has 19 heavy (non-hydrogen) atoms. The van der Waals surface area contributed by atoms with Crippen LogP contribution < -0.4 is 5.73 Å². The van der Waals surface area contributed by atoms with Gasteiger partial charge in [-0.1, -0.05) is 17.7 Å². The average Bonchev–Trinajstić information content (AvgIpc) is 2.68. The van der Waals surface area contributed by atoms with E-state index in [0.717, 1.165) is 21.2 Å². The van der Waals surface area contributed by atoms with Crippen LogP contribution in [-0.2, 0) is 0 Å². The molecule has 0 saturated heterocycles. The van der Waals surface area contributed by atoms with Crippen LogP contribution in [0.25, 0.3) is 16.9 Å². The lowest BCUT2D eigenvalue weighted by atomic mass is 10.2. The van der Waals surface area contributed by atoms with Crippen molar-refractivity contribution in [3.8, 4) is 5.69 Å². The van der Waals surface area contributed by atoms with Gasteiger partial charge in [-0.15, -0.1) is 0 Å². The van der Waals surface area contributed by atoms with E-state index in [9.17, 15) is 0 Å². The summed E-state index contributed by atoms with van der Waals surface area (Å²) in [6.07, 6.45) is 1.72. The second-order valence-corrected chi connectivity index (χ2v) is 5.51. The largest absolute Gasteiger partial charge is 0.369 e. The van der Waals surface area contributed by atoms with Crippen LogP contribution in [0, 0.1) is 6.92 Å². The maximum atomic E-state index is 6.16. The van der Waals surface area contributed by atoms with Gasteiger partial charge in [0.15, 0.2) is 5.65 Å². The number of rotatable bonds is 1. The smallest absolute Gasteiger partial charge is 0.207 e.